The fraction of sp³-hybridized carbons (Fsp3) is 0.222. The van der Waals surface area contributed by atoms with E-state index in [4.69, 9.17) is 30.3 Å². The van der Waals surface area contributed by atoms with E-state index in [2.05, 4.69) is 26.1 Å². The molecule has 0 atom stereocenters. The molecule has 6 nitrogen and oxygen atoms in total. The van der Waals surface area contributed by atoms with E-state index in [1.165, 1.54) is 0 Å². The zero-order valence-corrected chi connectivity index (χ0v) is 16.7. The van der Waals surface area contributed by atoms with Gasteiger partial charge in [0.15, 0.2) is 6.61 Å². The Hall–Kier alpha value is -2.25. The van der Waals surface area contributed by atoms with Crippen LogP contribution in [-0.2, 0) is 6.61 Å². The van der Waals surface area contributed by atoms with Crippen molar-refractivity contribution in [2.24, 2.45) is 0 Å². The van der Waals surface area contributed by atoms with Crippen LogP contribution in [0.2, 0.25) is 5.02 Å². The summed E-state index contributed by atoms with van der Waals surface area (Å²) in [6.07, 6.45) is 0. The summed E-state index contributed by atoms with van der Waals surface area (Å²) in [5.74, 6) is 2.58. The van der Waals surface area contributed by atoms with Gasteiger partial charge in [-0.15, -0.1) is 0 Å². The highest BCUT2D eigenvalue weighted by Crippen LogP contribution is 2.33. The Kier molecular flexibility index (Phi) is 5.68. The van der Waals surface area contributed by atoms with Gasteiger partial charge in [0.25, 0.3) is 5.89 Å². The van der Waals surface area contributed by atoms with Gasteiger partial charge in [-0.25, -0.2) is 0 Å². The van der Waals surface area contributed by atoms with Gasteiger partial charge in [0.05, 0.1) is 24.8 Å². The molecule has 0 aliphatic rings. The molecule has 0 amide bonds. The molecule has 136 valence electrons. The molecule has 0 saturated carbocycles. The molecule has 26 heavy (non-hydrogen) atoms. The van der Waals surface area contributed by atoms with Crippen molar-refractivity contribution >= 4 is 27.5 Å². The fourth-order valence-electron chi connectivity index (χ4n) is 2.41. The Bertz CT molecular complexity index is 906. The van der Waals surface area contributed by atoms with Crippen molar-refractivity contribution in [3.8, 4) is 28.6 Å². The third-order valence-electron chi connectivity index (χ3n) is 3.65. The minimum absolute atomic E-state index is 0.105. The number of methoxy groups -OCH3 is 2. The first-order valence-corrected chi connectivity index (χ1v) is 8.82. The molecule has 1 aromatic heterocycles. The molecule has 0 fully saturated rings. The van der Waals surface area contributed by atoms with Gasteiger partial charge in [-0.1, -0.05) is 32.7 Å². The van der Waals surface area contributed by atoms with E-state index in [1.54, 1.807) is 32.4 Å². The number of hydrogen-bond acceptors (Lipinski definition) is 6. The number of ether oxygens (including phenoxy) is 3. The van der Waals surface area contributed by atoms with E-state index in [-0.39, 0.29) is 6.61 Å². The van der Waals surface area contributed by atoms with Gasteiger partial charge >= 0.3 is 0 Å². The molecule has 0 unspecified atom stereocenters. The van der Waals surface area contributed by atoms with Crippen LogP contribution in [0.25, 0.3) is 11.4 Å². The highest BCUT2D eigenvalue weighted by Gasteiger charge is 2.16. The lowest BCUT2D eigenvalue weighted by Gasteiger charge is -2.09. The average Bonchev–Trinajstić information content (AvgIpc) is 3.09. The molecule has 0 radical (unpaired) electrons. The molecule has 3 aromatic rings. The molecule has 0 aliphatic carbocycles. The molecule has 1 heterocycles. The first-order valence-electron chi connectivity index (χ1n) is 7.65. The van der Waals surface area contributed by atoms with Crippen molar-refractivity contribution < 1.29 is 18.7 Å². The van der Waals surface area contributed by atoms with Gasteiger partial charge < -0.3 is 18.7 Å². The van der Waals surface area contributed by atoms with Crippen LogP contribution >= 0.6 is 27.5 Å². The van der Waals surface area contributed by atoms with Crippen LogP contribution in [0.1, 0.15) is 11.5 Å². The Morgan fingerprint density at radius 3 is 2.65 bits per heavy atom. The minimum Gasteiger partial charge on any atom is -0.497 e. The number of nitrogens with zero attached hydrogens (tertiary/aromatic N) is 2. The summed E-state index contributed by atoms with van der Waals surface area (Å²) in [6.45, 7) is 2.01. The summed E-state index contributed by atoms with van der Waals surface area (Å²) in [6, 6.07) is 9.05. The van der Waals surface area contributed by atoms with Crippen molar-refractivity contribution in [3.63, 3.8) is 0 Å². The second-order valence-corrected chi connectivity index (χ2v) is 6.72. The normalized spacial score (nSPS) is 10.7. The summed E-state index contributed by atoms with van der Waals surface area (Å²) in [7, 11) is 3.16. The van der Waals surface area contributed by atoms with Crippen molar-refractivity contribution in [2.75, 3.05) is 14.2 Å². The zero-order valence-electron chi connectivity index (χ0n) is 14.4. The Labute approximate surface area is 164 Å². The Morgan fingerprint density at radius 2 is 1.96 bits per heavy atom. The lowest BCUT2D eigenvalue weighted by atomic mass is 10.2. The molecule has 0 bridgehead atoms. The summed E-state index contributed by atoms with van der Waals surface area (Å²) >= 11 is 9.61. The van der Waals surface area contributed by atoms with Crippen molar-refractivity contribution in [1.82, 2.24) is 10.1 Å². The summed E-state index contributed by atoms with van der Waals surface area (Å²) in [4.78, 5) is 4.36. The maximum absolute atomic E-state index is 6.22. The van der Waals surface area contributed by atoms with Crippen LogP contribution in [0.3, 0.4) is 0 Å². The standard InChI is InChI=1S/C18H16BrClN2O4/c1-10-6-11(19)7-14(20)17(10)25-9-16-21-18(22-26-16)13-5-4-12(23-2)8-15(13)24-3/h4-8H,9H2,1-3H3. The molecule has 0 N–H and O–H groups in total. The number of aryl methyl sites for hydroxylation is 1. The van der Waals surface area contributed by atoms with Crippen LogP contribution in [0, 0.1) is 6.92 Å². The second-order valence-electron chi connectivity index (χ2n) is 5.40. The smallest absolute Gasteiger partial charge is 0.264 e. The van der Waals surface area contributed by atoms with Crippen LogP contribution in [0.15, 0.2) is 39.3 Å². The van der Waals surface area contributed by atoms with Crippen LogP contribution in [0.5, 0.6) is 17.2 Å². The third kappa shape index (κ3) is 3.94. The third-order valence-corrected chi connectivity index (χ3v) is 4.39. The first kappa shape index (κ1) is 18.5. The Balaban J connectivity index is 1.79. The molecule has 2 aromatic carbocycles. The number of aromatic nitrogens is 2. The van der Waals surface area contributed by atoms with Crippen LogP contribution in [-0.4, -0.2) is 24.4 Å². The van der Waals surface area contributed by atoms with Gasteiger partial charge in [-0.3, -0.25) is 0 Å². The molecule has 0 saturated heterocycles. The largest absolute Gasteiger partial charge is 0.497 e. The topological polar surface area (TPSA) is 66.6 Å². The van der Waals surface area contributed by atoms with E-state index < -0.39 is 0 Å². The first-order chi connectivity index (χ1) is 12.5. The van der Waals surface area contributed by atoms with Gasteiger partial charge in [0.1, 0.15) is 17.2 Å². The van der Waals surface area contributed by atoms with E-state index in [0.29, 0.717) is 39.5 Å². The number of rotatable bonds is 6. The second kappa shape index (κ2) is 7.97. The maximum atomic E-state index is 6.22. The van der Waals surface area contributed by atoms with Crippen molar-refractivity contribution in [3.05, 3.63) is 51.3 Å². The highest BCUT2D eigenvalue weighted by molar-refractivity contribution is 9.10. The van der Waals surface area contributed by atoms with Crippen molar-refractivity contribution in [2.45, 2.75) is 13.5 Å². The molecule has 3 rings (SSSR count). The van der Waals surface area contributed by atoms with Gasteiger partial charge in [-0.2, -0.15) is 4.98 Å². The quantitative estimate of drug-likeness (QED) is 0.535. The maximum Gasteiger partial charge on any atom is 0.264 e. The van der Waals surface area contributed by atoms with Crippen LogP contribution < -0.4 is 14.2 Å². The molecule has 8 heteroatoms. The molecule has 0 spiro atoms. The summed E-state index contributed by atoms with van der Waals surface area (Å²) in [5.41, 5.74) is 1.60. The van der Waals surface area contributed by atoms with E-state index >= 15 is 0 Å². The van der Waals surface area contributed by atoms with Gasteiger partial charge in [0, 0.05) is 10.5 Å². The molecular weight excluding hydrogens is 424 g/mol. The summed E-state index contributed by atoms with van der Waals surface area (Å²) in [5, 5.41) is 4.50. The lowest BCUT2D eigenvalue weighted by Crippen LogP contribution is -1.98. The minimum atomic E-state index is 0.105. The number of benzene rings is 2. The predicted molar refractivity (Wildman–Crippen MR) is 101 cm³/mol. The summed E-state index contributed by atoms with van der Waals surface area (Å²) < 4.78 is 22.5. The fourth-order valence-corrected chi connectivity index (χ4v) is 3.44. The van der Waals surface area contributed by atoms with Crippen LogP contribution in [0.4, 0.5) is 0 Å². The van der Waals surface area contributed by atoms with E-state index in [0.717, 1.165) is 10.0 Å². The van der Waals surface area contributed by atoms with Crippen molar-refractivity contribution in [1.29, 1.82) is 0 Å². The molecule has 0 aliphatic heterocycles. The lowest BCUT2D eigenvalue weighted by molar-refractivity contribution is 0.242. The SMILES string of the molecule is COc1ccc(-c2noc(COc3c(C)cc(Br)cc3Cl)n2)c(OC)c1. The predicted octanol–water partition coefficient (Wildman–Crippen LogP) is 5.06. The Morgan fingerprint density at radius 1 is 1.15 bits per heavy atom. The number of halogens is 2. The van der Waals surface area contributed by atoms with Gasteiger partial charge in [0.2, 0.25) is 5.82 Å². The molecular formula is C18H16BrClN2O4. The highest BCUT2D eigenvalue weighted by atomic mass is 79.9. The van der Waals surface area contributed by atoms with Gasteiger partial charge in [-0.05, 0) is 36.8 Å². The monoisotopic (exact) mass is 438 g/mol. The zero-order chi connectivity index (χ0) is 18.7. The van der Waals surface area contributed by atoms with E-state index in [9.17, 15) is 0 Å². The van der Waals surface area contributed by atoms with E-state index in [1.807, 2.05) is 19.1 Å². The average molecular weight is 440 g/mol. The number of hydrogen-bond donors (Lipinski definition) is 0.